The number of aromatic nitrogens is 1. The van der Waals surface area contributed by atoms with Gasteiger partial charge in [-0.25, -0.2) is 4.98 Å². The average Bonchev–Trinajstić information content (AvgIpc) is 3.09. The van der Waals surface area contributed by atoms with E-state index in [1.807, 2.05) is 18.2 Å². The van der Waals surface area contributed by atoms with Gasteiger partial charge in [-0.3, -0.25) is 0 Å². The highest BCUT2D eigenvalue weighted by atomic mass is 16.3. The molecule has 90 valence electrons. The van der Waals surface area contributed by atoms with Crippen LogP contribution in [0.25, 0.3) is 0 Å². The third kappa shape index (κ3) is 1.84. The summed E-state index contributed by atoms with van der Waals surface area (Å²) in [6, 6.07) is 9.85. The van der Waals surface area contributed by atoms with Gasteiger partial charge in [0.05, 0.1) is 23.9 Å². The minimum Gasteiger partial charge on any atom is -0.467 e. The number of furan rings is 1. The minimum atomic E-state index is 0.237. The molecule has 1 aliphatic heterocycles. The fourth-order valence-corrected chi connectivity index (χ4v) is 2.46. The van der Waals surface area contributed by atoms with Crippen LogP contribution < -0.4 is 4.90 Å². The number of nitriles is 1. The number of anilines is 1. The lowest BCUT2D eigenvalue weighted by Crippen LogP contribution is -2.23. The molecule has 1 fully saturated rings. The zero-order chi connectivity index (χ0) is 12.4. The summed E-state index contributed by atoms with van der Waals surface area (Å²) in [5, 5.41) is 8.94. The number of hydrogen-bond acceptors (Lipinski definition) is 4. The molecule has 0 radical (unpaired) electrons. The van der Waals surface area contributed by atoms with Gasteiger partial charge in [-0.1, -0.05) is 0 Å². The monoisotopic (exact) mass is 239 g/mol. The molecule has 0 amide bonds. The lowest BCUT2D eigenvalue weighted by molar-refractivity contribution is 0.464. The maximum absolute atomic E-state index is 8.94. The van der Waals surface area contributed by atoms with E-state index in [0.29, 0.717) is 5.56 Å². The van der Waals surface area contributed by atoms with Crippen LogP contribution in [-0.2, 0) is 0 Å². The number of nitrogens with zero attached hydrogens (tertiary/aromatic N) is 3. The predicted molar refractivity (Wildman–Crippen MR) is 67.0 cm³/mol. The molecule has 3 heterocycles. The van der Waals surface area contributed by atoms with E-state index in [-0.39, 0.29) is 6.04 Å². The van der Waals surface area contributed by atoms with Crippen LogP contribution >= 0.6 is 0 Å². The first-order valence-corrected chi connectivity index (χ1v) is 6.04. The molecule has 4 nitrogen and oxygen atoms in total. The SMILES string of the molecule is N#Cc1ccnc(N2CCC[C@H]2c2ccco2)c1. The van der Waals surface area contributed by atoms with E-state index in [1.165, 1.54) is 0 Å². The Kier molecular flexibility index (Phi) is 2.73. The molecule has 2 aromatic rings. The number of pyridine rings is 1. The third-order valence-electron chi connectivity index (χ3n) is 3.29. The van der Waals surface area contributed by atoms with Crippen molar-refractivity contribution in [3.63, 3.8) is 0 Å². The van der Waals surface area contributed by atoms with Gasteiger partial charge in [-0.2, -0.15) is 5.26 Å². The summed E-state index contributed by atoms with van der Waals surface area (Å²) < 4.78 is 5.49. The second-order valence-corrected chi connectivity index (χ2v) is 4.38. The summed E-state index contributed by atoms with van der Waals surface area (Å²) in [4.78, 5) is 6.57. The van der Waals surface area contributed by atoms with Gasteiger partial charge in [0, 0.05) is 12.7 Å². The molecule has 0 spiro atoms. The lowest BCUT2D eigenvalue weighted by atomic mass is 10.1. The van der Waals surface area contributed by atoms with Crippen LogP contribution in [0.15, 0.2) is 41.1 Å². The Balaban J connectivity index is 1.93. The average molecular weight is 239 g/mol. The van der Waals surface area contributed by atoms with Crippen molar-refractivity contribution in [3.05, 3.63) is 48.0 Å². The van der Waals surface area contributed by atoms with E-state index in [0.717, 1.165) is 31.0 Å². The molecule has 0 bridgehead atoms. The molecule has 0 unspecified atom stereocenters. The van der Waals surface area contributed by atoms with E-state index in [4.69, 9.17) is 9.68 Å². The summed E-state index contributed by atoms with van der Waals surface area (Å²) >= 11 is 0. The van der Waals surface area contributed by atoms with Crippen LogP contribution in [-0.4, -0.2) is 11.5 Å². The van der Waals surface area contributed by atoms with Gasteiger partial charge in [-0.15, -0.1) is 0 Å². The van der Waals surface area contributed by atoms with Gasteiger partial charge in [0.15, 0.2) is 0 Å². The number of rotatable bonds is 2. The third-order valence-corrected chi connectivity index (χ3v) is 3.29. The van der Waals surface area contributed by atoms with Crippen LogP contribution in [0.3, 0.4) is 0 Å². The summed E-state index contributed by atoms with van der Waals surface area (Å²) in [5.41, 5.74) is 0.644. The zero-order valence-corrected chi connectivity index (χ0v) is 9.91. The van der Waals surface area contributed by atoms with Crippen LogP contribution in [0.4, 0.5) is 5.82 Å². The molecule has 2 aromatic heterocycles. The predicted octanol–water partition coefficient (Wildman–Crippen LogP) is 2.89. The Morgan fingerprint density at radius 1 is 1.44 bits per heavy atom. The largest absolute Gasteiger partial charge is 0.467 e. The molecule has 0 saturated carbocycles. The van der Waals surface area contributed by atoms with E-state index in [9.17, 15) is 0 Å². The van der Waals surface area contributed by atoms with E-state index in [1.54, 1.807) is 18.5 Å². The zero-order valence-electron chi connectivity index (χ0n) is 9.91. The smallest absolute Gasteiger partial charge is 0.130 e. The Hall–Kier alpha value is -2.28. The van der Waals surface area contributed by atoms with Crippen molar-refractivity contribution >= 4 is 5.82 Å². The first-order chi connectivity index (χ1) is 8.88. The highest BCUT2D eigenvalue weighted by Gasteiger charge is 2.29. The normalized spacial score (nSPS) is 18.8. The van der Waals surface area contributed by atoms with Crippen LogP contribution in [0, 0.1) is 11.3 Å². The van der Waals surface area contributed by atoms with Crippen molar-refractivity contribution in [1.82, 2.24) is 4.98 Å². The number of hydrogen-bond donors (Lipinski definition) is 0. The molecule has 1 saturated heterocycles. The second-order valence-electron chi connectivity index (χ2n) is 4.38. The van der Waals surface area contributed by atoms with Gasteiger partial charge < -0.3 is 9.32 Å². The van der Waals surface area contributed by atoms with Crippen molar-refractivity contribution in [2.75, 3.05) is 11.4 Å². The summed E-state index contributed by atoms with van der Waals surface area (Å²) in [7, 11) is 0. The molecule has 0 N–H and O–H groups in total. The molecular formula is C14H13N3O. The van der Waals surface area contributed by atoms with Gasteiger partial charge >= 0.3 is 0 Å². The quantitative estimate of drug-likeness (QED) is 0.808. The molecule has 3 rings (SSSR count). The molecule has 4 heteroatoms. The van der Waals surface area contributed by atoms with Crippen molar-refractivity contribution in [2.45, 2.75) is 18.9 Å². The fourth-order valence-electron chi connectivity index (χ4n) is 2.46. The first-order valence-electron chi connectivity index (χ1n) is 6.04. The lowest BCUT2D eigenvalue weighted by Gasteiger charge is -2.24. The summed E-state index contributed by atoms with van der Waals surface area (Å²) in [5.74, 6) is 1.82. The maximum atomic E-state index is 8.94. The Morgan fingerprint density at radius 3 is 3.17 bits per heavy atom. The molecule has 18 heavy (non-hydrogen) atoms. The van der Waals surface area contributed by atoms with E-state index < -0.39 is 0 Å². The summed E-state index contributed by atoms with van der Waals surface area (Å²) in [6.07, 6.45) is 5.56. The topological polar surface area (TPSA) is 53.1 Å². The molecule has 0 aliphatic carbocycles. The fraction of sp³-hybridized carbons (Fsp3) is 0.286. The van der Waals surface area contributed by atoms with E-state index >= 15 is 0 Å². The Morgan fingerprint density at radius 2 is 2.39 bits per heavy atom. The summed E-state index contributed by atoms with van der Waals surface area (Å²) in [6.45, 7) is 0.952. The van der Waals surface area contributed by atoms with Crippen molar-refractivity contribution in [1.29, 1.82) is 5.26 Å². The van der Waals surface area contributed by atoms with Gasteiger partial charge in [0.1, 0.15) is 11.6 Å². The van der Waals surface area contributed by atoms with Gasteiger partial charge in [-0.05, 0) is 37.1 Å². The molecular weight excluding hydrogens is 226 g/mol. The standard InChI is InChI=1S/C14H13N3O/c15-10-11-5-6-16-14(9-11)17-7-1-3-12(17)13-4-2-8-18-13/h2,4-6,8-9,12H,1,3,7H2/t12-/m0/s1. The second kappa shape index (κ2) is 4.53. The van der Waals surface area contributed by atoms with Crippen molar-refractivity contribution < 1.29 is 4.42 Å². The van der Waals surface area contributed by atoms with Crippen molar-refractivity contribution in [3.8, 4) is 6.07 Å². The highest BCUT2D eigenvalue weighted by Crippen LogP contribution is 2.35. The molecule has 1 atom stereocenters. The minimum absolute atomic E-state index is 0.237. The molecule has 0 aromatic carbocycles. The van der Waals surface area contributed by atoms with Crippen LogP contribution in [0.1, 0.15) is 30.2 Å². The molecule has 1 aliphatic rings. The highest BCUT2D eigenvalue weighted by molar-refractivity contribution is 5.47. The Bertz CT molecular complexity index is 571. The van der Waals surface area contributed by atoms with Crippen LogP contribution in [0.2, 0.25) is 0 Å². The van der Waals surface area contributed by atoms with Crippen LogP contribution in [0.5, 0.6) is 0 Å². The van der Waals surface area contributed by atoms with E-state index in [2.05, 4.69) is 16.0 Å². The van der Waals surface area contributed by atoms with Crippen molar-refractivity contribution in [2.24, 2.45) is 0 Å². The Labute approximate surface area is 105 Å². The maximum Gasteiger partial charge on any atom is 0.130 e. The first kappa shape index (κ1) is 10.8. The van der Waals surface area contributed by atoms with Gasteiger partial charge in [0.2, 0.25) is 0 Å². The van der Waals surface area contributed by atoms with Gasteiger partial charge in [0.25, 0.3) is 0 Å².